The predicted octanol–water partition coefficient (Wildman–Crippen LogP) is 3.01. The molecule has 50 valence electrons. The lowest BCUT2D eigenvalue weighted by Gasteiger charge is -1.98. The van der Waals surface area contributed by atoms with Gasteiger partial charge in [-0.2, -0.15) is 0 Å². The van der Waals surface area contributed by atoms with Gasteiger partial charge in [0, 0.05) is 8.35 Å². The summed E-state index contributed by atoms with van der Waals surface area (Å²) >= 11 is 0. The van der Waals surface area contributed by atoms with Gasteiger partial charge in [-0.05, 0) is 27.0 Å². The average molecular weight is 151 g/mol. The smallest absolute Gasteiger partial charge is 0.0274 e. The van der Waals surface area contributed by atoms with E-state index in [9.17, 15) is 0 Å². The Balaban J connectivity index is 0. The molecule has 0 saturated heterocycles. The first-order valence-electron chi connectivity index (χ1n) is 2.06. The highest BCUT2D eigenvalue weighted by Crippen LogP contribution is 2.38. The molecule has 0 aliphatic rings. The Bertz CT molecular complexity index is 103. The molecule has 0 amide bonds. The van der Waals surface area contributed by atoms with E-state index >= 15 is 0 Å². The van der Waals surface area contributed by atoms with Gasteiger partial charge < -0.3 is 0 Å². The SMILES string of the molecule is C.C=PN=P(C)(C)C. The Morgan fingerprint density at radius 3 is 1.75 bits per heavy atom. The quantitative estimate of drug-likeness (QED) is 0.511. The van der Waals surface area contributed by atoms with Gasteiger partial charge in [0.15, 0.2) is 0 Å². The zero-order valence-electron chi connectivity index (χ0n) is 5.05. The lowest BCUT2D eigenvalue weighted by Crippen LogP contribution is -1.62. The molecular formula is C5H15NP2. The van der Waals surface area contributed by atoms with Crippen LogP contribution >= 0.6 is 15.4 Å². The van der Waals surface area contributed by atoms with Crippen molar-refractivity contribution in [3.63, 3.8) is 0 Å². The minimum absolute atomic E-state index is 0. The lowest BCUT2D eigenvalue weighted by molar-refractivity contribution is 1.90. The fourth-order valence-electron chi connectivity index (χ4n) is 0.190. The van der Waals surface area contributed by atoms with Gasteiger partial charge in [0.2, 0.25) is 0 Å². The molecule has 0 fully saturated rings. The zero-order chi connectivity index (χ0) is 5.91. The monoisotopic (exact) mass is 151 g/mol. The van der Waals surface area contributed by atoms with Crippen molar-refractivity contribution in [1.82, 2.24) is 0 Å². The summed E-state index contributed by atoms with van der Waals surface area (Å²) in [7, 11) is 0.0677. The van der Waals surface area contributed by atoms with E-state index in [0.717, 1.165) is 8.35 Å². The van der Waals surface area contributed by atoms with Crippen molar-refractivity contribution in [3.8, 4) is 0 Å². The molecule has 0 aliphatic carbocycles. The molecule has 0 unspecified atom stereocenters. The maximum Gasteiger partial charge on any atom is 0.0274 e. The summed E-state index contributed by atoms with van der Waals surface area (Å²) in [6.07, 6.45) is 3.60. The Hall–Kier alpha value is 0.400. The first-order chi connectivity index (χ1) is 3.06. The summed E-state index contributed by atoms with van der Waals surface area (Å²) in [5.74, 6) is 0. The summed E-state index contributed by atoms with van der Waals surface area (Å²) in [4.78, 5) is 0. The molecule has 3 heteroatoms. The summed E-state index contributed by atoms with van der Waals surface area (Å²) in [6.45, 7) is 6.52. The molecule has 0 aliphatic heterocycles. The van der Waals surface area contributed by atoms with Crippen LogP contribution in [0, 0.1) is 0 Å². The summed E-state index contributed by atoms with van der Waals surface area (Å²) in [5, 5.41) is 0. The molecular weight excluding hydrogens is 136 g/mol. The van der Waals surface area contributed by atoms with Gasteiger partial charge in [-0.15, -0.1) is 0 Å². The van der Waals surface area contributed by atoms with Crippen LogP contribution in [0.1, 0.15) is 7.43 Å². The summed E-state index contributed by atoms with van der Waals surface area (Å²) in [5.41, 5.74) is 0. The molecule has 0 saturated carbocycles. The van der Waals surface area contributed by atoms with Crippen LogP contribution < -0.4 is 0 Å². The third kappa shape index (κ3) is 9.64. The Morgan fingerprint density at radius 1 is 1.38 bits per heavy atom. The maximum absolute atomic E-state index is 4.23. The first kappa shape index (κ1) is 11.2. The van der Waals surface area contributed by atoms with Crippen LogP contribution in [0.5, 0.6) is 0 Å². The van der Waals surface area contributed by atoms with E-state index in [0.29, 0.717) is 0 Å². The van der Waals surface area contributed by atoms with Crippen molar-refractivity contribution >= 4 is 21.7 Å². The van der Waals surface area contributed by atoms with Gasteiger partial charge in [0.1, 0.15) is 0 Å². The minimum atomic E-state index is -0.866. The van der Waals surface area contributed by atoms with Crippen LogP contribution in [0.25, 0.3) is 0 Å². The van der Waals surface area contributed by atoms with E-state index in [1.54, 1.807) is 0 Å². The topological polar surface area (TPSA) is 12.4 Å². The van der Waals surface area contributed by atoms with Crippen LogP contribution in [0.3, 0.4) is 0 Å². The molecule has 0 aromatic heterocycles. The normalized spacial score (nSPS) is 10.4. The maximum atomic E-state index is 4.23. The number of rotatable bonds is 1. The fourth-order valence-corrected chi connectivity index (χ4v) is 1.71. The van der Waals surface area contributed by atoms with E-state index < -0.39 is 7.05 Å². The second kappa shape index (κ2) is 4.30. The molecule has 0 rings (SSSR count). The van der Waals surface area contributed by atoms with E-state index in [1.807, 2.05) is 0 Å². The van der Waals surface area contributed by atoms with E-state index in [2.05, 4.69) is 30.8 Å². The van der Waals surface area contributed by atoms with Crippen molar-refractivity contribution in [2.24, 2.45) is 4.52 Å². The van der Waals surface area contributed by atoms with Crippen LogP contribution in [0.4, 0.5) is 0 Å². The van der Waals surface area contributed by atoms with Crippen LogP contribution in [0.15, 0.2) is 4.52 Å². The molecule has 0 spiro atoms. The molecule has 0 aromatic carbocycles. The van der Waals surface area contributed by atoms with E-state index in [4.69, 9.17) is 0 Å². The molecule has 0 bridgehead atoms. The average Bonchev–Trinajstić information content (AvgIpc) is 1.30. The molecule has 1 nitrogen and oxygen atoms in total. The Kier molecular flexibility index (Phi) is 6.03. The Morgan fingerprint density at radius 2 is 1.75 bits per heavy atom. The fraction of sp³-hybridized carbons (Fsp3) is 0.800. The molecule has 0 N–H and O–H groups in total. The highest BCUT2D eigenvalue weighted by molar-refractivity contribution is 7.67. The van der Waals surface area contributed by atoms with Crippen molar-refractivity contribution in [2.75, 3.05) is 20.0 Å². The van der Waals surface area contributed by atoms with Crippen molar-refractivity contribution in [2.45, 2.75) is 7.43 Å². The van der Waals surface area contributed by atoms with Gasteiger partial charge in [-0.3, -0.25) is 0 Å². The van der Waals surface area contributed by atoms with E-state index in [-0.39, 0.29) is 7.43 Å². The molecule has 0 atom stereocenters. The van der Waals surface area contributed by atoms with Gasteiger partial charge in [0.05, 0.1) is 0 Å². The highest BCUT2D eigenvalue weighted by atomic mass is 31.2. The lowest BCUT2D eigenvalue weighted by atomic mass is 11.9. The van der Waals surface area contributed by atoms with Crippen molar-refractivity contribution in [3.05, 3.63) is 0 Å². The molecule has 0 aromatic rings. The number of hydrogen-bond acceptors (Lipinski definition) is 1. The van der Waals surface area contributed by atoms with Crippen LogP contribution in [-0.2, 0) is 0 Å². The first-order valence-corrected chi connectivity index (χ1v) is 6.17. The third-order valence-corrected chi connectivity index (χ3v) is 2.98. The second-order valence-corrected chi connectivity index (χ2v) is 7.05. The van der Waals surface area contributed by atoms with Crippen LogP contribution in [-0.4, -0.2) is 26.3 Å². The number of hydrogen-bond donors (Lipinski definition) is 0. The third-order valence-electron chi connectivity index (χ3n) is 0.332. The zero-order valence-corrected chi connectivity index (χ0v) is 6.84. The predicted molar refractivity (Wildman–Crippen MR) is 47.9 cm³/mol. The van der Waals surface area contributed by atoms with Gasteiger partial charge in [0.25, 0.3) is 0 Å². The molecule has 0 heterocycles. The summed E-state index contributed by atoms with van der Waals surface area (Å²) in [6, 6.07) is 0. The second-order valence-electron chi connectivity index (χ2n) is 2.17. The van der Waals surface area contributed by atoms with Crippen LogP contribution in [0.2, 0.25) is 0 Å². The van der Waals surface area contributed by atoms with Crippen molar-refractivity contribution < 1.29 is 0 Å². The Labute approximate surface area is 54.4 Å². The van der Waals surface area contributed by atoms with Crippen molar-refractivity contribution in [1.29, 1.82) is 0 Å². The molecule has 8 heavy (non-hydrogen) atoms. The summed E-state index contributed by atoms with van der Waals surface area (Å²) < 4.78 is 4.23. The van der Waals surface area contributed by atoms with Gasteiger partial charge in [-0.25, -0.2) is 4.52 Å². The largest absolute Gasteiger partial charge is 0.248 e. The van der Waals surface area contributed by atoms with Gasteiger partial charge >= 0.3 is 0 Å². The number of nitrogens with zero attached hydrogens (tertiary/aromatic N) is 1. The minimum Gasteiger partial charge on any atom is -0.248 e. The molecule has 0 radical (unpaired) electrons. The highest BCUT2D eigenvalue weighted by Gasteiger charge is 1.88. The van der Waals surface area contributed by atoms with E-state index in [1.165, 1.54) is 0 Å². The standard InChI is InChI=1S/C4H11NP2.CH4/c1-6-5-7(2,3)4;/h1H2,2-4H3;1H4. The van der Waals surface area contributed by atoms with Gasteiger partial charge in [-0.1, -0.05) is 13.7 Å².